The van der Waals surface area contributed by atoms with Crippen molar-refractivity contribution < 1.29 is 9.47 Å². The van der Waals surface area contributed by atoms with Gasteiger partial charge in [-0.1, -0.05) is 6.07 Å². The van der Waals surface area contributed by atoms with Crippen LogP contribution in [-0.4, -0.2) is 39.4 Å². The molecule has 0 radical (unpaired) electrons. The number of likely N-dealkylation sites (tertiary alicyclic amines) is 1. The van der Waals surface area contributed by atoms with Crippen molar-refractivity contribution in [3.8, 4) is 11.5 Å². The van der Waals surface area contributed by atoms with Gasteiger partial charge in [-0.3, -0.25) is 4.90 Å². The lowest BCUT2D eigenvalue weighted by Crippen LogP contribution is -2.24. The summed E-state index contributed by atoms with van der Waals surface area (Å²) in [5.41, 5.74) is 1.30. The van der Waals surface area contributed by atoms with E-state index in [0.29, 0.717) is 6.04 Å². The molecule has 0 N–H and O–H groups in total. The van der Waals surface area contributed by atoms with E-state index in [1.54, 1.807) is 0 Å². The number of hydrogen-bond acceptors (Lipinski definition) is 5. The van der Waals surface area contributed by atoms with Crippen molar-refractivity contribution in [3.63, 3.8) is 0 Å². The molecule has 1 atom stereocenters. The Hall–Kier alpha value is -2.08. The Morgan fingerprint density at radius 2 is 1.96 bits per heavy atom. The van der Waals surface area contributed by atoms with Crippen molar-refractivity contribution in [2.75, 3.05) is 19.8 Å². The summed E-state index contributed by atoms with van der Waals surface area (Å²) in [5, 5.41) is 8.49. The van der Waals surface area contributed by atoms with E-state index in [0.717, 1.165) is 62.3 Å². The molecule has 0 unspecified atom stereocenters. The number of benzene rings is 1. The van der Waals surface area contributed by atoms with Crippen molar-refractivity contribution >= 4 is 0 Å². The molecule has 6 nitrogen and oxygen atoms in total. The van der Waals surface area contributed by atoms with Gasteiger partial charge in [0.2, 0.25) is 0 Å². The maximum atomic E-state index is 5.85. The molecular formula is C18H24N4O2. The van der Waals surface area contributed by atoms with E-state index in [1.165, 1.54) is 12.0 Å². The molecular weight excluding hydrogens is 304 g/mol. The number of aryl methyl sites for hydroxylation is 1. The lowest BCUT2D eigenvalue weighted by atomic mass is 10.0. The first-order valence-corrected chi connectivity index (χ1v) is 8.71. The molecule has 3 heterocycles. The van der Waals surface area contributed by atoms with Gasteiger partial charge in [-0.2, -0.15) is 0 Å². The monoisotopic (exact) mass is 328 g/mol. The summed E-state index contributed by atoms with van der Waals surface area (Å²) in [5.74, 6) is 3.72. The predicted octanol–water partition coefficient (Wildman–Crippen LogP) is 2.62. The van der Waals surface area contributed by atoms with Crippen LogP contribution in [0.4, 0.5) is 0 Å². The third-order valence-corrected chi connectivity index (χ3v) is 5.05. The van der Waals surface area contributed by atoms with Crippen LogP contribution in [0.3, 0.4) is 0 Å². The van der Waals surface area contributed by atoms with E-state index in [-0.39, 0.29) is 0 Å². The molecule has 0 aliphatic carbocycles. The van der Waals surface area contributed by atoms with Gasteiger partial charge in [0, 0.05) is 19.5 Å². The van der Waals surface area contributed by atoms with E-state index >= 15 is 0 Å². The standard InChI is InChI=1S/C18H24N4O2/c1-13-19-20-18(21(13)2)12-22-8-3-5-15(22)14-6-7-16-17(11-14)24-10-4-9-23-16/h6-7,11,15H,3-5,8-10,12H2,1-2H3/t15-/m0/s1. The molecule has 24 heavy (non-hydrogen) atoms. The van der Waals surface area contributed by atoms with E-state index in [4.69, 9.17) is 9.47 Å². The summed E-state index contributed by atoms with van der Waals surface area (Å²) in [6.45, 7) is 5.36. The van der Waals surface area contributed by atoms with E-state index < -0.39 is 0 Å². The third-order valence-electron chi connectivity index (χ3n) is 5.05. The molecule has 128 valence electrons. The lowest BCUT2D eigenvalue weighted by Gasteiger charge is -2.25. The van der Waals surface area contributed by atoms with Crippen molar-refractivity contribution in [1.82, 2.24) is 19.7 Å². The highest BCUT2D eigenvalue weighted by Gasteiger charge is 2.28. The molecule has 0 amide bonds. The zero-order valence-corrected chi connectivity index (χ0v) is 14.4. The van der Waals surface area contributed by atoms with Crippen LogP contribution in [0.15, 0.2) is 18.2 Å². The Morgan fingerprint density at radius 1 is 1.12 bits per heavy atom. The molecule has 2 aliphatic rings. The van der Waals surface area contributed by atoms with Gasteiger partial charge in [0.1, 0.15) is 11.6 Å². The summed E-state index contributed by atoms with van der Waals surface area (Å²) in [7, 11) is 2.03. The molecule has 4 rings (SSSR count). The maximum absolute atomic E-state index is 5.85. The first-order chi connectivity index (χ1) is 11.7. The molecule has 6 heteroatoms. The summed E-state index contributed by atoms with van der Waals surface area (Å²) in [6, 6.07) is 6.79. The lowest BCUT2D eigenvalue weighted by molar-refractivity contribution is 0.238. The minimum Gasteiger partial charge on any atom is -0.490 e. The summed E-state index contributed by atoms with van der Waals surface area (Å²) in [4.78, 5) is 2.49. The highest BCUT2D eigenvalue weighted by molar-refractivity contribution is 5.44. The fourth-order valence-corrected chi connectivity index (χ4v) is 3.55. The number of aromatic nitrogens is 3. The Bertz CT molecular complexity index is 728. The smallest absolute Gasteiger partial charge is 0.161 e. The van der Waals surface area contributed by atoms with Crippen molar-refractivity contribution in [2.24, 2.45) is 7.05 Å². The van der Waals surface area contributed by atoms with Crippen LogP contribution in [0.25, 0.3) is 0 Å². The molecule has 0 bridgehead atoms. The number of fused-ring (bicyclic) bond motifs is 1. The highest BCUT2D eigenvalue weighted by atomic mass is 16.5. The van der Waals surface area contributed by atoms with Crippen LogP contribution in [0.2, 0.25) is 0 Å². The van der Waals surface area contributed by atoms with Gasteiger partial charge in [-0.25, -0.2) is 0 Å². The Balaban J connectivity index is 1.56. The molecule has 1 aromatic heterocycles. The fraction of sp³-hybridized carbons (Fsp3) is 0.556. The quantitative estimate of drug-likeness (QED) is 0.867. The molecule has 1 saturated heterocycles. The van der Waals surface area contributed by atoms with Crippen LogP contribution in [0.5, 0.6) is 11.5 Å². The number of hydrogen-bond donors (Lipinski definition) is 0. The molecule has 2 aromatic rings. The van der Waals surface area contributed by atoms with E-state index in [1.807, 2.05) is 14.0 Å². The summed E-state index contributed by atoms with van der Waals surface area (Å²) in [6.07, 6.45) is 3.30. The van der Waals surface area contributed by atoms with Crippen LogP contribution >= 0.6 is 0 Å². The van der Waals surface area contributed by atoms with Crippen LogP contribution in [0.1, 0.15) is 42.5 Å². The fourth-order valence-electron chi connectivity index (χ4n) is 3.55. The molecule has 1 fully saturated rings. The largest absolute Gasteiger partial charge is 0.490 e. The van der Waals surface area contributed by atoms with Gasteiger partial charge in [0.15, 0.2) is 11.5 Å². The van der Waals surface area contributed by atoms with Gasteiger partial charge < -0.3 is 14.0 Å². The normalized spacial score (nSPS) is 21.0. The zero-order chi connectivity index (χ0) is 16.5. The van der Waals surface area contributed by atoms with Crippen molar-refractivity contribution in [3.05, 3.63) is 35.4 Å². The minimum absolute atomic E-state index is 0.402. The second-order valence-electron chi connectivity index (χ2n) is 6.61. The van der Waals surface area contributed by atoms with Crippen molar-refractivity contribution in [2.45, 2.75) is 38.8 Å². The number of rotatable bonds is 3. The second-order valence-corrected chi connectivity index (χ2v) is 6.61. The van der Waals surface area contributed by atoms with Crippen LogP contribution in [0, 0.1) is 6.92 Å². The van der Waals surface area contributed by atoms with Gasteiger partial charge in [0.25, 0.3) is 0 Å². The first kappa shape index (κ1) is 15.4. The first-order valence-electron chi connectivity index (χ1n) is 8.71. The Kier molecular flexibility index (Phi) is 4.14. The molecule has 0 spiro atoms. The van der Waals surface area contributed by atoms with Crippen LogP contribution in [-0.2, 0) is 13.6 Å². The summed E-state index contributed by atoms with van der Waals surface area (Å²) >= 11 is 0. The highest BCUT2D eigenvalue weighted by Crippen LogP contribution is 2.38. The molecule has 2 aliphatic heterocycles. The average molecular weight is 328 g/mol. The topological polar surface area (TPSA) is 52.4 Å². The SMILES string of the molecule is Cc1nnc(CN2CCC[C@H]2c2ccc3c(c2)OCCCO3)n1C. The maximum Gasteiger partial charge on any atom is 0.161 e. The molecule has 0 saturated carbocycles. The minimum atomic E-state index is 0.402. The van der Waals surface area contributed by atoms with Gasteiger partial charge in [-0.15, -0.1) is 10.2 Å². The zero-order valence-electron chi connectivity index (χ0n) is 14.4. The van der Waals surface area contributed by atoms with E-state index in [2.05, 4.69) is 37.9 Å². The van der Waals surface area contributed by atoms with Crippen LogP contribution < -0.4 is 9.47 Å². The van der Waals surface area contributed by atoms with Gasteiger partial charge >= 0.3 is 0 Å². The van der Waals surface area contributed by atoms with E-state index in [9.17, 15) is 0 Å². The summed E-state index contributed by atoms with van der Waals surface area (Å²) < 4.78 is 13.7. The Labute approximate surface area is 142 Å². The van der Waals surface area contributed by atoms with Gasteiger partial charge in [-0.05, 0) is 44.0 Å². The average Bonchev–Trinajstić information content (AvgIpc) is 3.08. The van der Waals surface area contributed by atoms with Gasteiger partial charge in [0.05, 0.1) is 19.8 Å². The third kappa shape index (κ3) is 2.86. The predicted molar refractivity (Wildman–Crippen MR) is 90.2 cm³/mol. The Morgan fingerprint density at radius 3 is 2.75 bits per heavy atom. The second kappa shape index (κ2) is 6.43. The number of ether oxygens (including phenoxy) is 2. The molecule has 1 aromatic carbocycles. The van der Waals surface area contributed by atoms with Crippen molar-refractivity contribution in [1.29, 1.82) is 0 Å². The number of nitrogens with zero attached hydrogens (tertiary/aromatic N) is 4.